The molecule has 2 aromatic carbocycles. The third-order valence-electron chi connectivity index (χ3n) is 5.35. The molecule has 1 saturated carbocycles. The molecule has 1 aliphatic rings. The van der Waals surface area contributed by atoms with Crippen LogP contribution in [0.4, 0.5) is 10.2 Å². The van der Waals surface area contributed by atoms with Crippen molar-refractivity contribution in [3.63, 3.8) is 0 Å². The molecule has 164 valence electrons. The molecule has 1 aromatic heterocycles. The number of ether oxygens (including phenoxy) is 1. The van der Waals surface area contributed by atoms with Crippen molar-refractivity contribution in [3.05, 3.63) is 66.1 Å². The fourth-order valence-corrected chi connectivity index (χ4v) is 3.13. The van der Waals surface area contributed by atoms with Gasteiger partial charge < -0.3 is 15.3 Å². The first-order chi connectivity index (χ1) is 15.4. The molecule has 0 spiro atoms. The number of aromatic nitrogens is 2. The van der Waals surface area contributed by atoms with Crippen molar-refractivity contribution in [2.24, 2.45) is 11.1 Å². The molecule has 0 atom stereocenters. The van der Waals surface area contributed by atoms with Crippen molar-refractivity contribution in [3.8, 4) is 22.9 Å². The van der Waals surface area contributed by atoms with Crippen molar-refractivity contribution in [2.45, 2.75) is 26.2 Å². The van der Waals surface area contributed by atoms with Gasteiger partial charge in [-0.15, -0.1) is 0 Å². The van der Waals surface area contributed by atoms with Crippen LogP contribution in [0.15, 0.2) is 54.6 Å². The molecule has 3 aromatic rings. The van der Waals surface area contributed by atoms with Crippen LogP contribution in [0.3, 0.4) is 0 Å². The summed E-state index contributed by atoms with van der Waals surface area (Å²) < 4.78 is 18.7. The first kappa shape index (κ1) is 21.2. The summed E-state index contributed by atoms with van der Waals surface area (Å²) in [6, 6.07) is 13.7. The summed E-state index contributed by atoms with van der Waals surface area (Å²) >= 11 is 0. The number of benzene rings is 2. The molecule has 4 rings (SSSR count). The summed E-state index contributed by atoms with van der Waals surface area (Å²) in [4.78, 5) is 37.7. The number of anilines is 1. The van der Waals surface area contributed by atoms with E-state index >= 15 is 0 Å². The van der Waals surface area contributed by atoms with E-state index in [0.717, 1.165) is 12.8 Å². The maximum absolute atomic E-state index is 13.0. The predicted molar refractivity (Wildman–Crippen MR) is 114 cm³/mol. The molecule has 0 radical (unpaired) electrons. The molecule has 32 heavy (non-hydrogen) atoms. The fraction of sp³-hybridized carbons (Fsp3) is 0.217. The van der Waals surface area contributed by atoms with Crippen LogP contribution in [0, 0.1) is 11.2 Å². The molecule has 9 heteroatoms. The molecule has 0 aliphatic heterocycles. The van der Waals surface area contributed by atoms with Crippen molar-refractivity contribution in [2.75, 3.05) is 5.48 Å². The Bertz CT molecular complexity index is 1150. The molecular weight excluding hydrogens is 415 g/mol. The Labute approximate surface area is 183 Å². The second-order valence-electron chi connectivity index (χ2n) is 7.53. The highest BCUT2D eigenvalue weighted by Crippen LogP contribution is 2.49. The van der Waals surface area contributed by atoms with Crippen molar-refractivity contribution in [1.29, 1.82) is 0 Å². The zero-order valence-electron chi connectivity index (χ0n) is 17.3. The average Bonchev–Trinajstić information content (AvgIpc) is 3.61. The lowest BCUT2D eigenvalue weighted by Gasteiger charge is -2.13. The van der Waals surface area contributed by atoms with E-state index < -0.39 is 11.3 Å². The van der Waals surface area contributed by atoms with Crippen LogP contribution in [0.2, 0.25) is 0 Å². The molecule has 3 N–H and O–H groups in total. The number of amides is 1. The lowest BCUT2D eigenvalue weighted by molar-refractivity contribution is -0.147. The monoisotopic (exact) mass is 436 g/mol. The molecule has 1 fully saturated rings. The van der Waals surface area contributed by atoms with Gasteiger partial charge in [0.2, 0.25) is 0 Å². The lowest BCUT2D eigenvalue weighted by Crippen LogP contribution is -2.22. The van der Waals surface area contributed by atoms with Crippen LogP contribution in [0.25, 0.3) is 11.4 Å². The van der Waals surface area contributed by atoms with E-state index in [4.69, 9.17) is 15.3 Å². The average molecular weight is 436 g/mol. The Kier molecular flexibility index (Phi) is 5.72. The number of hydrogen-bond acceptors (Lipinski definition) is 7. The second kappa shape index (κ2) is 8.62. The van der Waals surface area contributed by atoms with Gasteiger partial charge in [0.05, 0.1) is 5.41 Å². The first-order valence-corrected chi connectivity index (χ1v) is 10.1. The van der Waals surface area contributed by atoms with Gasteiger partial charge in [-0.05, 0) is 67.8 Å². The SMILES string of the molecule is CCC1(C(=O)ONc2cc(C(N)=O)nc(-c3ccc(Oc4ccc(F)cc4)cc3)n2)CC1. The molecule has 1 heterocycles. The summed E-state index contributed by atoms with van der Waals surface area (Å²) in [6.45, 7) is 1.94. The maximum Gasteiger partial charge on any atom is 0.338 e. The van der Waals surface area contributed by atoms with Crippen LogP contribution in [0.1, 0.15) is 36.7 Å². The van der Waals surface area contributed by atoms with E-state index in [9.17, 15) is 14.0 Å². The highest BCUT2D eigenvalue weighted by Gasteiger charge is 2.50. The molecule has 0 bridgehead atoms. The standard InChI is InChI=1S/C23H21FN4O4/c1-2-23(11-12-23)22(30)32-28-19-13-18(20(25)29)26-21(27-19)14-3-7-16(8-4-14)31-17-9-5-15(24)6-10-17/h3-10,13H,2,11-12H2,1H3,(H2,25,29)(H,26,27,28). The molecule has 1 aliphatic carbocycles. The minimum absolute atomic E-state index is 0.0307. The Morgan fingerprint density at radius 2 is 1.69 bits per heavy atom. The summed E-state index contributed by atoms with van der Waals surface area (Å²) in [7, 11) is 0. The summed E-state index contributed by atoms with van der Waals surface area (Å²) in [5.74, 6) is -0.0979. The number of halogens is 1. The number of nitrogens with zero attached hydrogens (tertiary/aromatic N) is 2. The molecular formula is C23H21FN4O4. The van der Waals surface area contributed by atoms with E-state index in [1.54, 1.807) is 24.3 Å². The zero-order valence-corrected chi connectivity index (χ0v) is 17.3. The third-order valence-corrected chi connectivity index (χ3v) is 5.35. The summed E-state index contributed by atoms with van der Waals surface area (Å²) in [6.07, 6.45) is 2.28. The molecule has 0 unspecified atom stereocenters. The van der Waals surface area contributed by atoms with Gasteiger partial charge in [0.25, 0.3) is 5.91 Å². The second-order valence-corrected chi connectivity index (χ2v) is 7.53. The Morgan fingerprint density at radius 3 is 2.25 bits per heavy atom. The van der Waals surface area contributed by atoms with Gasteiger partial charge in [-0.25, -0.2) is 24.6 Å². The van der Waals surface area contributed by atoms with Gasteiger partial charge >= 0.3 is 5.97 Å². The van der Waals surface area contributed by atoms with Crippen molar-refractivity contribution in [1.82, 2.24) is 9.97 Å². The summed E-state index contributed by atoms with van der Waals surface area (Å²) in [5.41, 5.74) is 8.03. The third kappa shape index (κ3) is 4.66. The quantitative estimate of drug-likeness (QED) is 0.508. The number of carbonyl (C=O) groups is 2. The normalized spacial score (nSPS) is 13.8. The van der Waals surface area contributed by atoms with E-state index in [2.05, 4.69) is 15.4 Å². The van der Waals surface area contributed by atoms with Crippen molar-refractivity contribution >= 4 is 17.7 Å². The zero-order chi connectivity index (χ0) is 22.7. The van der Waals surface area contributed by atoms with E-state index in [0.29, 0.717) is 23.5 Å². The minimum atomic E-state index is -0.744. The number of carbonyl (C=O) groups excluding carboxylic acids is 2. The smallest absolute Gasteiger partial charge is 0.338 e. The predicted octanol–water partition coefficient (Wildman–Crippen LogP) is 4.23. The van der Waals surface area contributed by atoms with Gasteiger partial charge in [0, 0.05) is 11.6 Å². The molecule has 0 saturated heterocycles. The Morgan fingerprint density at radius 1 is 1.06 bits per heavy atom. The topological polar surface area (TPSA) is 116 Å². The van der Waals surface area contributed by atoms with Crippen molar-refractivity contribution < 1.29 is 23.6 Å². The number of primary amides is 1. The van der Waals surface area contributed by atoms with E-state index in [1.807, 2.05) is 6.92 Å². The first-order valence-electron chi connectivity index (χ1n) is 10.1. The lowest BCUT2D eigenvalue weighted by atomic mass is 10.1. The summed E-state index contributed by atoms with van der Waals surface area (Å²) in [5, 5.41) is 0. The van der Waals surface area contributed by atoms with Gasteiger partial charge in [-0.2, -0.15) is 0 Å². The van der Waals surface area contributed by atoms with Crippen LogP contribution in [-0.4, -0.2) is 21.8 Å². The van der Waals surface area contributed by atoms with E-state index in [-0.39, 0.29) is 29.1 Å². The van der Waals surface area contributed by atoms with Gasteiger partial charge in [0.15, 0.2) is 11.6 Å². The number of hydrogen-bond donors (Lipinski definition) is 2. The molecule has 8 nitrogen and oxygen atoms in total. The minimum Gasteiger partial charge on any atom is -0.457 e. The highest BCUT2D eigenvalue weighted by molar-refractivity contribution is 5.92. The van der Waals surface area contributed by atoms with Crippen LogP contribution >= 0.6 is 0 Å². The maximum atomic E-state index is 13.0. The molecule has 1 amide bonds. The Hall–Kier alpha value is -4.01. The fourth-order valence-electron chi connectivity index (χ4n) is 3.13. The van der Waals surface area contributed by atoms with Gasteiger partial charge in [0.1, 0.15) is 23.0 Å². The van der Waals surface area contributed by atoms with Gasteiger partial charge in [-0.3, -0.25) is 4.79 Å². The largest absolute Gasteiger partial charge is 0.457 e. The van der Waals surface area contributed by atoms with Crippen LogP contribution in [0.5, 0.6) is 11.5 Å². The number of rotatable bonds is 8. The number of nitrogens with two attached hydrogens (primary N) is 1. The van der Waals surface area contributed by atoms with Crippen LogP contribution in [-0.2, 0) is 9.63 Å². The van der Waals surface area contributed by atoms with Gasteiger partial charge in [-0.1, -0.05) is 6.92 Å². The van der Waals surface area contributed by atoms with E-state index in [1.165, 1.54) is 30.3 Å². The number of nitrogens with one attached hydrogen (secondary N) is 1. The Balaban J connectivity index is 1.52. The van der Waals surface area contributed by atoms with Crippen LogP contribution < -0.4 is 16.0 Å². The highest BCUT2D eigenvalue weighted by atomic mass is 19.1.